The zero-order valence-electron chi connectivity index (χ0n) is 20.6. The van der Waals surface area contributed by atoms with Gasteiger partial charge in [0.1, 0.15) is 30.2 Å². The first-order valence-corrected chi connectivity index (χ1v) is 12.5. The fourth-order valence-electron chi connectivity index (χ4n) is 7.81. The number of hydrogen-bond acceptors (Lipinski definition) is 7. The van der Waals surface area contributed by atoms with Crippen LogP contribution in [0, 0.1) is 34.5 Å². The van der Waals surface area contributed by atoms with E-state index in [1.807, 2.05) is 19.9 Å². The Labute approximate surface area is 197 Å². The molecule has 0 radical (unpaired) electrons. The summed E-state index contributed by atoms with van der Waals surface area (Å²) in [6, 6.07) is 0. The number of aliphatic hydroxyl groups is 3. The molecule has 3 saturated carbocycles. The molecule has 0 aromatic carbocycles. The molecule has 0 aromatic heterocycles. The number of oxime groups is 2. The van der Waals surface area contributed by atoms with Crippen LogP contribution >= 0.6 is 0 Å². The first kappa shape index (κ1) is 24.4. The molecule has 33 heavy (non-hydrogen) atoms. The SMILES string of the molecule is CCON=C1C=C[C@@]2(C)C(=C1)[C@@H](C)C[C@@H]1[C@@H]2[C@@H](O)C[C@@]2(C)[C@H]1CC[C@]2(O)/C(CO)=N/OCC. The molecule has 7 nitrogen and oxygen atoms in total. The van der Waals surface area contributed by atoms with E-state index in [9.17, 15) is 15.3 Å². The van der Waals surface area contributed by atoms with Gasteiger partial charge in [0.15, 0.2) is 0 Å². The Hall–Kier alpha value is -1.70. The molecule has 0 heterocycles. The van der Waals surface area contributed by atoms with Crippen LogP contribution in [-0.2, 0) is 9.68 Å². The standard InChI is InChI=1S/C26H40N2O5/c1-6-32-27-17-8-10-24(4)20(13-17)16(3)12-18-19-9-11-26(31,22(15-29)28-33-7-2)25(19,5)14-21(30)23(18)24/h8,10,13,16,18-19,21,23,29-31H,6-7,9,11-12,14-15H2,1-5H3/b27-17?,28-22+/t16-,18-,19-,21-,23+,24-,25-,26-/m0/s1. The lowest BCUT2D eigenvalue weighted by Gasteiger charge is -2.61. The highest BCUT2D eigenvalue weighted by atomic mass is 16.6. The van der Waals surface area contributed by atoms with Gasteiger partial charge in [-0.25, -0.2) is 0 Å². The Morgan fingerprint density at radius 2 is 1.94 bits per heavy atom. The number of rotatable bonds is 6. The molecule has 7 heteroatoms. The Morgan fingerprint density at radius 3 is 2.61 bits per heavy atom. The molecule has 184 valence electrons. The van der Waals surface area contributed by atoms with Gasteiger partial charge in [-0.15, -0.1) is 0 Å². The van der Waals surface area contributed by atoms with Gasteiger partial charge in [0.25, 0.3) is 0 Å². The smallest absolute Gasteiger partial charge is 0.115 e. The van der Waals surface area contributed by atoms with Gasteiger partial charge in [-0.1, -0.05) is 42.7 Å². The summed E-state index contributed by atoms with van der Waals surface area (Å²) in [4.78, 5) is 10.5. The van der Waals surface area contributed by atoms with Gasteiger partial charge in [0, 0.05) is 16.7 Å². The van der Waals surface area contributed by atoms with Crippen molar-refractivity contribution < 1.29 is 25.0 Å². The molecule has 3 N–H and O–H groups in total. The molecule has 4 rings (SSSR count). The molecule has 0 aromatic rings. The van der Waals surface area contributed by atoms with Crippen LogP contribution in [0.4, 0.5) is 0 Å². The lowest BCUT2D eigenvalue weighted by molar-refractivity contribution is -0.148. The molecule has 0 aliphatic heterocycles. The van der Waals surface area contributed by atoms with Crippen molar-refractivity contribution in [3.05, 3.63) is 23.8 Å². The summed E-state index contributed by atoms with van der Waals surface area (Å²) in [6.07, 6.45) is 8.55. The molecule has 3 fully saturated rings. The molecule has 0 amide bonds. The van der Waals surface area contributed by atoms with Crippen molar-refractivity contribution in [3.8, 4) is 0 Å². The van der Waals surface area contributed by atoms with Crippen molar-refractivity contribution in [1.82, 2.24) is 0 Å². The second kappa shape index (κ2) is 8.82. The second-order valence-corrected chi connectivity index (χ2v) is 10.8. The third-order valence-electron chi connectivity index (χ3n) is 9.21. The van der Waals surface area contributed by atoms with Crippen LogP contribution in [-0.4, -0.2) is 58.3 Å². The molecule has 0 bridgehead atoms. The summed E-state index contributed by atoms with van der Waals surface area (Å²) in [5.41, 5.74) is 0.268. The number of nitrogens with zero attached hydrogens (tertiary/aromatic N) is 2. The average molecular weight is 461 g/mol. The van der Waals surface area contributed by atoms with E-state index in [-0.39, 0.29) is 35.5 Å². The maximum atomic E-state index is 11.9. The zero-order chi connectivity index (χ0) is 24.0. The summed E-state index contributed by atoms with van der Waals surface area (Å²) < 4.78 is 0. The second-order valence-electron chi connectivity index (χ2n) is 10.8. The Balaban J connectivity index is 1.71. The predicted octanol–water partition coefficient (Wildman–Crippen LogP) is 3.45. The molecule has 4 aliphatic carbocycles. The number of fused-ring (bicyclic) bond motifs is 5. The van der Waals surface area contributed by atoms with Gasteiger partial charge in [-0.2, -0.15) is 0 Å². The van der Waals surface area contributed by atoms with Crippen LogP contribution in [0.3, 0.4) is 0 Å². The lowest BCUT2D eigenvalue weighted by Crippen LogP contribution is -2.62. The van der Waals surface area contributed by atoms with E-state index in [2.05, 4.69) is 43.2 Å². The van der Waals surface area contributed by atoms with Crippen molar-refractivity contribution in [2.45, 2.75) is 72.0 Å². The number of allylic oxidation sites excluding steroid dienone is 4. The van der Waals surface area contributed by atoms with Gasteiger partial charge in [0.2, 0.25) is 0 Å². The van der Waals surface area contributed by atoms with E-state index >= 15 is 0 Å². The number of aliphatic hydroxyl groups excluding tert-OH is 2. The Morgan fingerprint density at radius 1 is 1.21 bits per heavy atom. The molecule has 0 unspecified atom stereocenters. The summed E-state index contributed by atoms with van der Waals surface area (Å²) in [7, 11) is 0. The largest absolute Gasteiger partial charge is 0.396 e. The van der Waals surface area contributed by atoms with Crippen molar-refractivity contribution in [3.63, 3.8) is 0 Å². The minimum atomic E-state index is -1.28. The fourth-order valence-corrected chi connectivity index (χ4v) is 7.81. The van der Waals surface area contributed by atoms with Crippen LogP contribution in [0.2, 0.25) is 0 Å². The topological polar surface area (TPSA) is 104 Å². The number of hydrogen-bond donors (Lipinski definition) is 3. The highest BCUT2D eigenvalue weighted by Gasteiger charge is 2.68. The Kier molecular flexibility index (Phi) is 6.53. The van der Waals surface area contributed by atoms with Crippen LogP contribution < -0.4 is 0 Å². The molecule has 0 saturated heterocycles. The summed E-state index contributed by atoms with van der Waals surface area (Å²) in [6.45, 7) is 10.9. The van der Waals surface area contributed by atoms with Crippen LogP contribution in [0.1, 0.15) is 60.3 Å². The van der Waals surface area contributed by atoms with E-state index in [0.717, 1.165) is 18.6 Å². The van der Waals surface area contributed by atoms with E-state index in [4.69, 9.17) is 9.68 Å². The zero-order valence-corrected chi connectivity index (χ0v) is 20.6. The third kappa shape index (κ3) is 3.58. The van der Waals surface area contributed by atoms with Crippen molar-refractivity contribution >= 4 is 11.4 Å². The van der Waals surface area contributed by atoms with E-state index in [1.54, 1.807) is 0 Å². The minimum Gasteiger partial charge on any atom is -0.396 e. The van der Waals surface area contributed by atoms with Crippen LogP contribution in [0.25, 0.3) is 0 Å². The van der Waals surface area contributed by atoms with Gasteiger partial charge < -0.3 is 25.0 Å². The van der Waals surface area contributed by atoms with E-state index in [1.165, 1.54) is 5.57 Å². The summed E-state index contributed by atoms with van der Waals surface area (Å²) in [5.74, 6) is 0.867. The maximum absolute atomic E-state index is 11.9. The van der Waals surface area contributed by atoms with Crippen LogP contribution in [0.15, 0.2) is 34.1 Å². The fraction of sp³-hybridized carbons (Fsp3) is 0.769. The molecule has 0 spiro atoms. The maximum Gasteiger partial charge on any atom is 0.115 e. The highest BCUT2D eigenvalue weighted by molar-refractivity contribution is 6.05. The van der Waals surface area contributed by atoms with Crippen molar-refractivity contribution in [2.75, 3.05) is 19.8 Å². The normalized spacial score (nSPS) is 45.8. The van der Waals surface area contributed by atoms with Crippen LogP contribution in [0.5, 0.6) is 0 Å². The molecular weight excluding hydrogens is 420 g/mol. The first-order chi connectivity index (χ1) is 15.7. The van der Waals surface area contributed by atoms with Crippen molar-refractivity contribution in [2.24, 2.45) is 44.8 Å². The molecule has 8 atom stereocenters. The Bertz CT molecular complexity index is 882. The highest BCUT2D eigenvalue weighted by Crippen LogP contribution is 2.67. The average Bonchev–Trinajstić information content (AvgIpc) is 3.04. The van der Waals surface area contributed by atoms with Crippen molar-refractivity contribution in [1.29, 1.82) is 0 Å². The minimum absolute atomic E-state index is 0.0617. The monoisotopic (exact) mass is 460 g/mol. The van der Waals surface area contributed by atoms with E-state index in [0.29, 0.717) is 32.0 Å². The van der Waals surface area contributed by atoms with Gasteiger partial charge >= 0.3 is 0 Å². The quantitative estimate of drug-likeness (QED) is 0.416. The summed E-state index contributed by atoms with van der Waals surface area (Å²) >= 11 is 0. The van der Waals surface area contributed by atoms with Gasteiger partial charge in [-0.05, 0) is 69.4 Å². The van der Waals surface area contributed by atoms with Gasteiger partial charge in [0.05, 0.1) is 12.7 Å². The first-order valence-electron chi connectivity index (χ1n) is 12.5. The predicted molar refractivity (Wildman–Crippen MR) is 128 cm³/mol. The van der Waals surface area contributed by atoms with Gasteiger partial charge in [-0.3, -0.25) is 0 Å². The van der Waals surface area contributed by atoms with E-state index < -0.39 is 17.1 Å². The molecule has 4 aliphatic rings. The lowest BCUT2D eigenvalue weighted by atomic mass is 9.44. The third-order valence-corrected chi connectivity index (χ3v) is 9.21. The summed E-state index contributed by atoms with van der Waals surface area (Å²) in [5, 5.41) is 41.9. The molecular formula is C26H40N2O5.